The Morgan fingerprint density at radius 3 is 2.82 bits per heavy atom. The average Bonchev–Trinajstić information content (AvgIpc) is 2.29. The Morgan fingerprint density at radius 2 is 2.12 bits per heavy atom. The van der Waals surface area contributed by atoms with Crippen molar-refractivity contribution in [3.8, 4) is 5.75 Å². The lowest BCUT2D eigenvalue weighted by molar-refractivity contribution is 0.0506. The van der Waals surface area contributed by atoms with Gasteiger partial charge in [-0.2, -0.15) is 0 Å². The van der Waals surface area contributed by atoms with Gasteiger partial charge in [-0.3, -0.25) is 0 Å². The Labute approximate surface area is 106 Å². The van der Waals surface area contributed by atoms with Crippen LogP contribution in [0.2, 0.25) is 0 Å². The highest BCUT2D eigenvalue weighted by atomic mass is 79.9. The molecule has 0 atom stereocenters. The summed E-state index contributed by atoms with van der Waals surface area (Å²) < 4.78 is 16.1. The van der Waals surface area contributed by atoms with E-state index in [0.717, 1.165) is 9.86 Å². The van der Waals surface area contributed by atoms with Gasteiger partial charge in [0.05, 0.1) is 4.47 Å². The number of methoxy groups -OCH3 is 1. The molecule has 0 saturated carbocycles. The first-order chi connectivity index (χ1) is 8.11. The number of ether oxygens (including phenoxy) is 2. The number of benzene rings is 1. The standard InChI is InChI=1S/C12H11BrO4/c1-7-3-8-4-9(13)11(16-6-15-2)5-10(8)17-12(7)14/h3-5H,6H2,1-2H3. The summed E-state index contributed by atoms with van der Waals surface area (Å²) in [7, 11) is 1.54. The Morgan fingerprint density at radius 1 is 1.35 bits per heavy atom. The van der Waals surface area contributed by atoms with Gasteiger partial charge in [0.25, 0.3) is 0 Å². The first kappa shape index (κ1) is 12.1. The first-order valence-corrected chi connectivity index (χ1v) is 5.77. The molecule has 0 spiro atoms. The Bertz CT molecular complexity index is 603. The molecule has 0 N–H and O–H groups in total. The van der Waals surface area contributed by atoms with Gasteiger partial charge in [-0.25, -0.2) is 4.79 Å². The molecule has 0 amide bonds. The summed E-state index contributed by atoms with van der Waals surface area (Å²) in [6.45, 7) is 1.86. The molecule has 1 heterocycles. The van der Waals surface area contributed by atoms with Gasteiger partial charge in [-0.05, 0) is 35.0 Å². The van der Waals surface area contributed by atoms with E-state index in [9.17, 15) is 4.79 Å². The van der Waals surface area contributed by atoms with E-state index in [1.807, 2.05) is 6.07 Å². The summed E-state index contributed by atoms with van der Waals surface area (Å²) in [5.74, 6) is 0.575. The van der Waals surface area contributed by atoms with Crippen molar-refractivity contribution in [2.75, 3.05) is 13.9 Å². The van der Waals surface area contributed by atoms with Gasteiger partial charge >= 0.3 is 5.63 Å². The van der Waals surface area contributed by atoms with Crippen molar-refractivity contribution in [3.05, 3.63) is 38.7 Å². The molecule has 1 aromatic carbocycles. The van der Waals surface area contributed by atoms with Gasteiger partial charge < -0.3 is 13.9 Å². The second kappa shape index (κ2) is 4.89. The van der Waals surface area contributed by atoms with E-state index in [2.05, 4.69) is 15.9 Å². The minimum Gasteiger partial charge on any atom is -0.466 e. The molecule has 0 radical (unpaired) electrons. The molecule has 0 unspecified atom stereocenters. The van der Waals surface area contributed by atoms with E-state index in [4.69, 9.17) is 13.9 Å². The third kappa shape index (κ3) is 2.50. The molecule has 2 rings (SSSR count). The molecule has 2 aromatic rings. The maximum absolute atomic E-state index is 11.4. The topological polar surface area (TPSA) is 48.7 Å². The molecular weight excluding hydrogens is 288 g/mol. The van der Waals surface area contributed by atoms with Crippen molar-refractivity contribution in [2.24, 2.45) is 0 Å². The van der Waals surface area contributed by atoms with Crippen LogP contribution in [0, 0.1) is 6.92 Å². The van der Waals surface area contributed by atoms with E-state index in [0.29, 0.717) is 16.9 Å². The van der Waals surface area contributed by atoms with Crippen LogP contribution < -0.4 is 10.4 Å². The smallest absolute Gasteiger partial charge is 0.339 e. The fourth-order valence-corrected chi connectivity index (χ4v) is 1.93. The van der Waals surface area contributed by atoms with E-state index in [-0.39, 0.29) is 12.4 Å². The molecule has 1 aromatic heterocycles. The zero-order chi connectivity index (χ0) is 12.4. The predicted octanol–water partition coefficient (Wildman–Crippen LogP) is 2.85. The van der Waals surface area contributed by atoms with Crippen molar-refractivity contribution < 1.29 is 13.9 Å². The maximum atomic E-state index is 11.4. The molecule has 90 valence electrons. The van der Waals surface area contributed by atoms with Gasteiger partial charge in [0.2, 0.25) is 0 Å². The van der Waals surface area contributed by atoms with Crippen LogP contribution in [0.3, 0.4) is 0 Å². The maximum Gasteiger partial charge on any atom is 0.339 e. The molecule has 0 saturated heterocycles. The molecule has 0 aliphatic carbocycles. The molecule has 0 fully saturated rings. The minimum absolute atomic E-state index is 0.139. The number of rotatable bonds is 3. The van der Waals surface area contributed by atoms with Gasteiger partial charge in [-0.1, -0.05) is 0 Å². The number of halogens is 1. The van der Waals surface area contributed by atoms with Crippen molar-refractivity contribution >= 4 is 26.9 Å². The number of fused-ring (bicyclic) bond motifs is 1. The lowest BCUT2D eigenvalue weighted by Gasteiger charge is -2.08. The average molecular weight is 299 g/mol. The molecule has 4 nitrogen and oxygen atoms in total. The van der Waals surface area contributed by atoms with Crippen LogP contribution in [0.25, 0.3) is 11.0 Å². The summed E-state index contributed by atoms with van der Waals surface area (Å²) in [4.78, 5) is 11.4. The minimum atomic E-state index is -0.336. The summed E-state index contributed by atoms with van der Waals surface area (Å²) in [5, 5.41) is 0.846. The lowest BCUT2D eigenvalue weighted by atomic mass is 10.2. The van der Waals surface area contributed by atoms with Crippen molar-refractivity contribution in [2.45, 2.75) is 6.92 Å². The Kier molecular flexibility index (Phi) is 3.49. The second-order valence-electron chi connectivity index (χ2n) is 3.59. The zero-order valence-electron chi connectivity index (χ0n) is 9.45. The zero-order valence-corrected chi connectivity index (χ0v) is 11.0. The fourth-order valence-electron chi connectivity index (χ4n) is 1.46. The number of hydrogen-bond acceptors (Lipinski definition) is 4. The first-order valence-electron chi connectivity index (χ1n) is 4.97. The third-order valence-corrected chi connectivity index (χ3v) is 2.91. The largest absolute Gasteiger partial charge is 0.466 e. The number of aryl methyl sites for hydroxylation is 1. The van der Waals surface area contributed by atoms with Gasteiger partial charge in [0.15, 0.2) is 6.79 Å². The van der Waals surface area contributed by atoms with Crippen molar-refractivity contribution in [3.63, 3.8) is 0 Å². The number of hydrogen-bond donors (Lipinski definition) is 0. The van der Waals surface area contributed by atoms with Gasteiger partial charge in [0, 0.05) is 24.1 Å². The van der Waals surface area contributed by atoms with Crippen LogP contribution in [0.1, 0.15) is 5.56 Å². The second-order valence-corrected chi connectivity index (χ2v) is 4.44. The molecular formula is C12H11BrO4. The van der Waals surface area contributed by atoms with Crippen LogP contribution in [-0.2, 0) is 4.74 Å². The SMILES string of the molecule is COCOc1cc2oc(=O)c(C)cc2cc1Br. The Hall–Kier alpha value is -1.33. The Balaban J connectivity index is 2.55. The molecule has 5 heteroatoms. The third-order valence-electron chi connectivity index (χ3n) is 2.29. The van der Waals surface area contributed by atoms with E-state index < -0.39 is 0 Å². The fraction of sp³-hybridized carbons (Fsp3) is 0.250. The van der Waals surface area contributed by atoms with E-state index >= 15 is 0 Å². The lowest BCUT2D eigenvalue weighted by Crippen LogP contribution is -2.03. The van der Waals surface area contributed by atoms with Crippen molar-refractivity contribution in [1.82, 2.24) is 0 Å². The summed E-state index contributed by atoms with van der Waals surface area (Å²) in [6, 6.07) is 5.29. The molecule has 0 bridgehead atoms. The quantitative estimate of drug-likeness (QED) is 0.646. The van der Waals surface area contributed by atoms with E-state index in [1.54, 1.807) is 26.2 Å². The van der Waals surface area contributed by atoms with Crippen LogP contribution in [0.15, 0.2) is 31.9 Å². The van der Waals surface area contributed by atoms with Gasteiger partial charge in [0.1, 0.15) is 11.3 Å². The van der Waals surface area contributed by atoms with Gasteiger partial charge in [-0.15, -0.1) is 0 Å². The highest BCUT2D eigenvalue weighted by molar-refractivity contribution is 9.10. The highest BCUT2D eigenvalue weighted by Gasteiger charge is 2.07. The van der Waals surface area contributed by atoms with Crippen LogP contribution in [0.4, 0.5) is 0 Å². The molecule has 17 heavy (non-hydrogen) atoms. The summed E-state index contributed by atoms with van der Waals surface area (Å²) >= 11 is 3.39. The van der Waals surface area contributed by atoms with E-state index in [1.165, 1.54) is 0 Å². The summed E-state index contributed by atoms with van der Waals surface area (Å²) in [6.07, 6.45) is 0. The normalized spacial score (nSPS) is 10.8. The van der Waals surface area contributed by atoms with Crippen LogP contribution in [-0.4, -0.2) is 13.9 Å². The summed E-state index contributed by atoms with van der Waals surface area (Å²) in [5.41, 5.74) is 0.738. The highest BCUT2D eigenvalue weighted by Crippen LogP contribution is 2.30. The molecule has 0 aliphatic heterocycles. The predicted molar refractivity (Wildman–Crippen MR) is 67.4 cm³/mol. The molecule has 0 aliphatic rings. The van der Waals surface area contributed by atoms with Crippen LogP contribution in [0.5, 0.6) is 5.75 Å². The van der Waals surface area contributed by atoms with Crippen molar-refractivity contribution in [1.29, 1.82) is 0 Å². The van der Waals surface area contributed by atoms with Crippen LogP contribution >= 0.6 is 15.9 Å². The monoisotopic (exact) mass is 298 g/mol.